The van der Waals surface area contributed by atoms with Gasteiger partial charge in [-0.1, -0.05) is 0 Å². The number of hydrogen-bond acceptors (Lipinski definition) is 8. The quantitative estimate of drug-likeness (QED) is 0.459. The lowest BCUT2D eigenvalue weighted by Gasteiger charge is -2.38. The number of rotatable bonds is 5. The fourth-order valence-corrected chi connectivity index (χ4v) is 4.56. The van der Waals surface area contributed by atoms with E-state index in [1.165, 1.54) is 23.8 Å². The molecule has 0 spiro atoms. The predicted molar refractivity (Wildman–Crippen MR) is 127 cm³/mol. The van der Waals surface area contributed by atoms with Gasteiger partial charge in [0.15, 0.2) is 11.5 Å². The van der Waals surface area contributed by atoms with Crippen LogP contribution in [0.2, 0.25) is 0 Å². The number of nitrogen functional groups attached to an aromatic ring is 1. The second-order valence-corrected chi connectivity index (χ2v) is 9.57. The molecule has 1 aromatic carbocycles. The van der Waals surface area contributed by atoms with Gasteiger partial charge in [-0.05, 0) is 39.7 Å². The molecule has 1 saturated heterocycles. The number of piperidine rings is 1. The van der Waals surface area contributed by atoms with Crippen molar-refractivity contribution in [3.05, 3.63) is 36.2 Å². The molecule has 4 heterocycles. The Morgan fingerprint density at radius 1 is 1.26 bits per heavy atom. The van der Waals surface area contributed by atoms with Crippen LogP contribution in [-0.2, 0) is 5.54 Å². The van der Waals surface area contributed by atoms with Gasteiger partial charge in [-0.25, -0.2) is 14.4 Å². The molecule has 180 valence electrons. The Labute approximate surface area is 196 Å². The summed E-state index contributed by atoms with van der Waals surface area (Å²) in [5.41, 5.74) is 7.59. The molecule has 0 aliphatic carbocycles. The zero-order valence-corrected chi connectivity index (χ0v) is 19.7. The van der Waals surface area contributed by atoms with Gasteiger partial charge in [0.05, 0.1) is 36.5 Å². The van der Waals surface area contributed by atoms with E-state index in [-0.39, 0.29) is 18.5 Å². The van der Waals surface area contributed by atoms with E-state index in [2.05, 4.69) is 27.0 Å². The van der Waals surface area contributed by atoms with Crippen molar-refractivity contribution < 1.29 is 14.2 Å². The van der Waals surface area contributed by atoms with Gasteiger partial charge in [-0.15, -0.1) is 5.10 Å². The zero-order chi connectivity index (χ0) is 24.2. The van der Waals surface area contributed by atoms with Gasteiger partial charge in [0, 0.05) is 30.8 Å². The molecule has 3 N–H and O–H groups in total. The normalized spacial score (nSPS) is 19.3. The van der Waals surface area contributed by atoms with Crippen molar-refractivity contribution in [1.29, 1.82) is 0 Å². The van der Waals surface area contributed by atoms with Gasteiger partial charge >= 0.3 is 0 Å². The SMILES string of the molecule is COc1cc(F)cc2c1nc(N)n1nc([C@@H]3CC[C@@H](C)N(c4cnn(C(C)(C)CO)c4)C3)nc21. The van der Waals surface area contributed by atoms with Crippen molar-refractivity contribution in [2.75, 3.05) is 30.9 Å². The molecule has 3 aromatic heterocycles. The maximum absolute atomic E-state index is 14.2. The topological polar surface area (TPSA) is 120 Å². The maximum atomic E-state index is 14.2. The number of benzene rings is 1. The summed E-state index contributed by atoms with van der Waals surface area (Å²) in [4.78, 5) is 11.5. The molecule has 0 radical (unpaired) electrons. The number of nitrogens with zero attached hydrogens (tertiary/aromatic N) is 7. The lowest BCUT2D eigenvalue weighted by atomic mass is 9.92. The number of aromatic nitrogens is 6. The van der Waals surface area contributed by atoms with Crippen LogP contribution < -0.4 is 15.4 Å². The summed E-state index contributed by atoms with van der Waals surface area (Å²) in [6.45, 7) is 6.76. The van der Waals surface area contributed by atoms with Crippen LogP contribution in [0.4, 0.5) is 16.0 Å². The van der Waals surface area contributed by atoms with Crippen LogP contribution in [0.3, 0.4) is 0 Å². The molecular weight excluding hydrogens is 439 g/mol. The third-order valence-electron chi connectivity index (χ3n) is 6.72. The molecule has 10 nitrogen and oxygen atoms in total. The van der Waals surface area contributed by atoms with E-state index in [0.717, 1.165) is 18.5 Å². The largest absolute Gasteiger partial charge is 0.494 e. The number of fused-ring (bicyclic) bond motifs is 3. The molecule has 0 saturated carbocycles. The summed E-state index contributed by atoms with van der Waals surface area (Å²) >= 11 is 0. The van der Waals surface area contributed by atoms with Gasteiger partial charge in [0.25, 0.3) is 0 Å². The molecular formula is C23H29FN8O2. The van der Waals surface area contributed by atoms with Crippen LogP contribution in [0.25, 0.3) is 16.6 Å². The number of hydrogen-bond donors (Lipinski definition) is 2. The summed E-state index contributed by atoms with van der Waals surface area (Å²) in [6.07, 6.45) is 5.66. The molecule has 0 unspecified atom stereocenters. The third kappa shape index (κ3) is 3.60. The van der Waals surface area contributed by atoms with E-state index in [4.69, 9.17) is 15.5 Å². The minimum atomic E-state index is -0.484. The highest BCUT2D eigenvalue weighted by atomic mass is 19.1. The number of aliphatic hydroxyl groups is 1. The van der Waals surface area contributed by atoms with E-state index in [0.29, 0.717) is 40.7 Å². The maximum Gasteiger partial charge on any atom is 0.223 e. The van der Waals surface area contributed by atoms with Crippen molar-refractivity contribution >= 4 is 28.2 Å². The molecule has 5 rings (SSSR count). The number of aliphatic hydroxyl groups excluding tert-OH is 1. The van der Waals surface area contributed by atoms with Crippen LogP contribution in [0.15, 0.2) is 24.5 Å². The van der Waals surface area contributed by atoms with Crippen molar-refractivity contribution in [2.45, 2.75) is 51.1 Å². The number of nitrogens with two attached hydrogens (primary N) is 1. The third-order valence-corrected chi connectivity index (χ3v) is 6.72. The van der Waals surface area contributed by atoms with E-state index in [9.17, 15) is 9.50 Å². The Morgan fingerprint density at radius 3 is 2.79 bits per heavy atom. The van der Waals surface area contributed by atoms with E-state index < -0.39 is 11.4 Å². The summed E-state index contributed by atoms with van der Waals surface area (Å²) in [6, 6.07) is 2.97. The molecule has 1 fully saturated rings. The predicted octanol–water partition coefficient (Wildman–Crippen LogP) is 2.70. The molecule has 2 atom stereocenters. The summed E-state index contributed by atoms with van der Waals surface area (Å²) in [5, 5.41) is 19.3. The smallest absolute Gasteiger partial charge is 0.223 e. The van der Waals surface area contributed by atoms with Crippen molar-refractivity contribution in [1.82, 2.24) is 29.4 Å². The summed E-state index contributed by atoms with van der Waals surface area (Å²) < 4.78 is 22.8. The average Bonchev–Trinajstić information content (AvgIpc) is 3.48. The van der Waals surface area contributed by atoms with E-state index >= 15 is 0 Å². The first-order valence-electron chi connectivity index (χ1n) is 11.3. The van der Waals surface area contributed by atoms with Crippen LogP contribution in [0.1, 0.15) is 45.4 Å². The summed E-state index contributed by atoms with van der Waals surface area (Å²) in [5.74, 6) is 0.719. The van der Waals surface area contributed by atoms with Crippen molar-refractivity contribution in [3.63, 3.8) is 0 Å². The van der Waals surface area contributed by atoms with Gasteiger partial charge in [-0.2, -0.15) is 9.61 Å². The fourth-order valence-electron chi connectivity index (χ4n) is 4.56. The number of ether oxygens (including phenoxy) is 1. The second-order valence-electron chi connectivity index (χ2n) is 9.57. The molecule has 0 bridgehead atoms. The Morgan fingerprint density at radius 2 is 2.06 bits per heavy atom. The molecule has 1 aliphatic rings. The Balaban J connectivity index is 1.52. The van der Waals surface area contributed by atoms with Crippen LogP contribution in [0.5, 0.6) is 5.75 Å². The molecule has 11 heteroatoms. The molecule has 4 aromatic rings. The lowest BCUT2D eigenvalue weighted by Crippen LogP contribution is -2.41. The average molecular weight is 469 g/mol. The molecule has 0 amide bonds. The number of halogens is 1. The number of anilines is 2. The highest BCUT2D eigenvalue weighted by Crippen LogP contribution is 2.34. The minimum Gasteiger partial charge on any atom is -0.494 e. The van der Waals surface area contributed by atoms with E-state index in [1.54, 1.807) is 4.68 Å². The summed E-state index contributed by atoms with van der Waals surface area (Å²) in [7, 11) is 1.47. The zero-order valence-electron chi connectivity index (χ0n) is 19.7. The van der Waals surface area contributed by atoms with Gasteiger partial charge in [0.2, 0.25) is 5.95 Å². The number of methoxy groups -OCH3 is 1. The van der Waals surface area contributed by atoms with Gasteiger partial charge < -0.3 is 20.5 Å². The fraction of sp³-hybridized carbons (Fsp3) is 0.478. The first-order valence-corrected chi connectivity index (χ1v) is 11.3. The van der Waals surface area contributed by atoms with Crippen molar-refractivity contribution in [2.24, 2.45) is 0 Å². The first kappa shape index (κ1) is 22.3. The van der Waals surface area contributed by atoms with Crippen LogP contribution in [-0.4, -0.2) is 60.8 Å². The van der Waals surface area contributed by atoms with Gasteiger partial charge in [0.1, 0.15) is 17.1 Å². The Bertz CT molecular complexity index is 1360. The monoisotopic (exact) mass is 468 g/mol. The molecule has 34 heavy (non-hydrogen) atoms. The van der Waals surface area contributed by atoms with Gasteiger partial charge in [-0.3, -0.25) is 4.68 Å². The first-order chi connectivity index (χ1) is 16.2. The lowest BCUT2D eigenvalue weighted by molar-refractivity contribution is 0.152. The highest BCUT2D eigenvalue weighted by Gasteiger charge is 2.31. The highest BCUT2D eigenvalue weighted by molar-refractivity contribution is 5.95. The Kier molecular flexibility index (Phi) is 5.31. The van der Waals surface area contributed by atoms with Crippen LogP contribution in [0, 0.1) is 5.82 Å². The minimum absolute atomic E-state index is 0.00768. The second kappa shape index (κ2) is 8.08. The van der Waals surface area contributed by atoms with Crippen LogP contribution >= 0.6 is 0 Å². The van der Waals surface area contributed by atoms with Crippen molar-refractivity contribution in [3.8, 4) is 5.75 Å². The Hall–Kier alpha value is -3.47. The standard InChI is InChI=1S/C23H29FN8O2/c1-13-5-6-14(10-30(13)16-9-26-31(11-16)23(2,3)12-33)20-28-21-17-7-15(24)8-18(34-4)19(17)27-22(25)32(21)29-20/h7-9,11,13-14,33H,5-6,10,12H2,1-4H3,(H2,25,27)/t13-,14-/m1/s1. The molecule has 1 aliphatic heterocycles. The van der Waals surface area contributed by atoms with E-state index in [1.807, 2.05) is 26.2 Å².